The second-order valence-corrected chi connectivity index (χ2v) is 8.89. The minimum Gasteiger partial charge on any atom is -0.493 e. The van der Waals surface area contributed by atoms with E-state index in [9.17, 15) is 9.18 Å². The van der Waals surface area contributed by atoms with E-state index in [4.69, 9.17) is 9.47 Å². The summed E-state index contributed by atoms with van der Waals surface area (Å²) in [4.78, 5) is 13.5. The van der Waals surface area contributed by atoms with Gasteiger partial charge in [-0.25, -0.2) is 4.39 Å². The lowest BCUT2D eigenvalue weighted by atomic mass is 9.95. The van der Waals surface area contributed by atoms with E-state index in [1.54, 1.807) is 19.2 Å². The predicted octanol–water partition coefficient (Wildman–Crippen LogP) is 6.88. The average molecular weight is 464 g/mol. The molecule has 0 aromatic heterocycles. The largest absolute Gasteiger partial charge is 0.493 e. The summed E-state index contributed by atoms with van der Waals surface area (Å²) >= 11 is 0. The van der Waals surface area contributed by atoms with Crippen LogP contribution >= 0.6 is 0 Å². The molecule has 180 valence electrons. The number of para-hydroxylation sites is 2. The number of halogens is 1. The van der Waals surface area contributed by atoms with Crippen LogP contribution in [0.3, 0.4) is 0 Å². The zero-order chi connectivity index (χ0) is 24.5. The molecule has 1 amide bonds. The lowest BCUT2D eigenvalue weighted by molar-refractivity contribution is 0.0930. The molecule has 0 radical (unpaired) electrons. The number of carbonyl (C=O) groups is 1. The Kier molecular flexibility index (Phi) is 9.08. The quantitative estimate of drug-likeness (QED) is 0.337. The Labute approximate surface area is 202 Å². The molecule has 0 heterocycles. The van der Waals surface area contributed by atoms with E-state index >= 15 is 0 Å². The van der Waals surface area contributed by atoms with Gasteiger partial charge >= 0.3 is 0 Å². The second-order valence-electron chi connectivity index (χ2n) is 8.89. The van der Waals surface area contributed by atoms with Crippen molar-refractivity contribution >= 4 is 5.91 Å². The number of hydrogen-bond donors (Lipinski definition) is 1. The number of carbonyl (C=O) groups excluding carboxylic acids is 1. The fourth-order valence-electron chi connectivity index (χ4n) is 3.99. The number of benzene rings is 3. The molecule has 4 nitrogen and oxygen atoms in total. The number of aryl methyl sites for hydroxylation is 1. The maximum atomic E-state index is 13.5. The van der Waals surface area contributed by atoms with Gasteiger partial charge in [0.05, 0.1) is 13.2 Å². The van der Waals surface area contributed by atoms with Crippen molar-refractivity contribution in [2.75, 3.05) is 7.11 Å². The monoisotopic (exact) mass is 463 g/mol. The molecule has 0 bridgehead atoms. The van der Waals surface area contributed by atoms with E-state index in [0.29, 0.717) is 29.6 Å². The molecule has 1 unspecified atom stereocenters. The van der Waals surface area contributed by atoms with Crippen LogP contribution in [0.15, 0.2) is 66.7 Å². The number of nitrogens with one attached hydrogen (secondary N) is 1. The summed E-state index contributed by atoms with van der Waals surface area (Å²) < 4.78 is 24.8. The molecule has 0 aliphatic carbocycles. The van der Waals surface area contributed by atoms with Crippen molar-refractivity contribution in [1.82, 2.24) is 5.32 Å². The molecule has 3 aromatic carbocycles. The van der Waals surface area contributed by atoms with Gasteiger partial charge in [0.2, 0.25) is 0 Å². The molecule has 0 fully saturated rings. The molecule has 3 rings (SSSR count). The molecule has 34 heavy (non-hydrogen) atoms. The highest BCUT2D eigenvalue weighted by atomic mass is 19.1. The minimum atomic E-state index is -0.286. The zero-order valence-electron chi connectivity index (χ0n) is 20.4. The second kappa shape index (κ2) is 12.2. The first-order chi connectivity index (χ1) is 16.4. The SMILES string of the molecule is CCCc1ccc(COc2ccccc2OC)cc1C(=O)NC(CC(C)C)c1ccc(F)cc1. The van der Waals surface area contributed by atoms with E-state index in [0.717, 1.165) is 36.0 Å². The van der Waals surface area contributed by atoms with Gasteiger partial charge in [-0.1, -0.05) is 63.6 Å². The fourth-order valence-corrected chi connectivity index (χ4v) is 3.99. The third-order valence-electron chi connectivity index (χ3n) is 5.69. The van der Waals surface area contributed by atoms with Crippen molar-refractivity contribution < 1.29 is 18.7 Å². The molecule has 0 spiro atoms. The summed E-state index contributed by atoms with van der Waals surface area (Å²) in [6.07, 6.45) is 2.50. The van der Waals surface area contributed by atoms with Crippen molar-refractivity contribution in [3.05, 3.63) is 94.8 Å². The Morgan fingerprint density at radius 3 is 2.35 bits per heavy atom. The predicted molar refractivity (Wildman–Crippen MR) is 134 cm³/mol. The van der Waals surface area contributed by atoms with Crippen LogP contribution in [0, 0.1) is 11.7 Å². The third-order valence-corrected chi connectivity index (χ3v) is 5.69. The van der Waals surface area contributed by atoms with Crippen LogP contribution in [0.4, 0.5) is 4.39 Å². The smallest absolute Gasteiger partial charge is 0.252 e. The Morgan fingerprint density at radius 1 is 1.00 bits per heavy atom. The zero-order valence-corrected chi connectivity index (χ0v) is 20.4. The van der Waals surface area contributed by atoms with Crippen LogP contribution < -0.4 is 14.8 Å². The van der Waals surface area contributed by atoms with Gasteiger partial charge in [-0.15, -0.1) is 0 Å². The van der Waals surface area contributed by atoms with Crippen molar-refractivity contribution in [1.29, 1.82) is 0 Å². The van der Waals surface area contributed by atoms with E-state index in [2.05, 4.69) is 26.1 Å². The van der Waals surface area contributed by atoms with Crippen molar-refractivity contribution in [3.8, 4) is 11.5 Å². The maximum Gasteiger partial charge on any atom is 0.252 e. The fraction of sp³-hybridized carbons (Fsp3) is 0.345. The van der Waals surface area contributed by atoms with Gasteiger partial charge in [-0.3, -0.25) is 4.79 Å². The van der Waals surface area contributed by atoms with Crippen LogP contribution in [-0.2, 0) is 13.0 Å². The van der Waals surface area contributed by atoms with E-state index in [1.165, 1.54) is 12.1 Å². The number of ether oxygens (including phenoxy) is 2. The van der Waals surface area contributed by atoms with Crippen molar-refractivity contribution in [2.45, 2.75) is 52.7 Å². The van der Waals surface area contributed by atoms with Gasteiger partial charge in [0, 0.05) is 5.56 Å². The van der Waals surface area contributed by atoms with Crippen molar-refractivity contribution in [2.24, 2.45) is 5.92 Å². The van der Waals surface area contributed by atoms with Gasteiger partial charge in [-0.2, -0.15) is 0 Å². The van der Waals surface area contributed by atoms with E-state index < -0.39 is 0 Å². The Morgan fingerprint density at radius 2 is 1.71 bits per heavy atom. The molecule has 5 heteroatoms. The van der Waals surface area contributed by atoms with Gasteiger partial charge in [0.15, 0.2) is 11.5 Å². The lowest BCUT2D eigenvalue weighted by Gasteiger charge is -2.22. The summed E-state index contributed by atoms with van der Waals surface area (Å²) in [5.74, 6) is 1.27. The Hall–Kier alpha value is -3.34. The third kappa shape index (κ3) is 6.83. The summed E-state index contributed by atoms with van der Waals surface area (Å²) in [7, 11) is 1.61. The van der Waals surface area contributed by atoms with Gasteiger partial charge in [-0.05, 0) is 65.8 Å². The normalized spacial score (nSPS) is 11.8. The van der Waals surface area contributed by atoms with Crippen LogP contribution in [0.1, 0.15) is 66.7 Å². The summed E-state index contributed by atoms with van der Waals surface area (Å²) in [6.45, 7) is 6.64. The Bertz CT molecular complexity index is 1080. The highest BCUT2D eigenvalue weighted by Gasteiger charge is 2.20. The molecular formula is C29H34FNO3. The first-order valence-electron chi connectivity index (χ1n) is 11.8. The molecule has 1 atom stereocenters. The van der Waals surface area contributed by atoms with E-state index in [-0.39, 0.29) is 17.8 Å². The highest BCUT2D eigenvalue weighted by Crippen LogP contribution is 2.27. The first-order valence-corrected chi connectivity index (χ1v) is 11.8. The molecule has 0 aliphatic rings. The summed E-state index contributed by atoms with van der Waals surface area (Å²) in [6, 6.07) is 19.6. The average Bonchev–Trinajstić information content (AvgIpc) is 2.83. The van der Waals surface area contributed by atoms with Crippen LogP contribution in [0.25, 0.3) is 0 Å². The topological polar surface area (TPSA) is 47.6 Å². The Balaban J connectivity index is 1.83. The van der Waals surface area contributed by atoms with Crippen LogP contribution in [-0.4, -0.2) is 13.0 Å². The molecule has 1 N–H and O–H groups in total. The van der Waals surface area contributed by atoms with Crippen LogP contribution in [0.5, 0.6) is 11.5 Å². The van der Waals surface area contributed by atoms with Crippen LogP contribution in [0.2, 0.25) is 0 Å². The lowest BCUT2D eigenvalue weighted by Crippen LogP contribution is -2.30. The highest BCUT2D eigenvalue weighted by molar-refractivity contribution is 5.96. The molecular weight excluding hydrogens is 429 g/mol. The molecule has 0 saturated carbocycles. The number of amides is 1. The van der Waals surface area contributed by atoms with Gasteiger partial charge < -0.3 is 14.8 Å². The van der Waals surface area contributed by atoms with Crippen molar-refractivity contribution in [3.63, 3.8) is 0 Å². The number of rotatable bonds is 11. The number of hydrogen-bond acceptors (Lipinski definition) is 3. The van der Waals surface area contributed by atoms with E-state index in [1.807, 2.05) is 42.5 Å². The maximum absolute atomic E-state index is 13.5. The molecule has 0 saturated heterocycles. The van der Waals surface area contributed by atoms with Gasteiger partial charge in [0.1, 0.15) is 12.4 Å². The number of methoxy groups -OCH3 is 1. The van der Waals surface area contributed by atoms with Gasteiger partial charge in [0.25, 0.3) is 5.91 Å². The summed E-state index contributed by atoms with van der Waals surface area (Å²) in [5.41, 5.74) is 3.46. The standard InChI is InChI=1S/C29H34FNO3/c1-5-8-22-12-11-21(19-34-28-10-7-6-9-27(28)33-4)18-25(22)29(32)31-26(17-20(2)3)23-13-15-24(30)16-14-23/h6-7,9-16,18,20,26H,5,8,17,19H2,1-4H3,(H,31,32). The first kappa shape index (κ1) is 25.3. The summed E-state index contributed by atoms with van der Waals surface area (Å²) in [5, 5.41) is 3.20. The molecule has 3 aromatic rings. The molecule has 0 aliphatic heterocycles. The minimum absolute atomic E-state index is 0.127.